The molecule has 150 valence electrons. The third-order valence-electron chi connectivity index (χ3n) is 4.86. The highest BCUT2D eigenvalue weighted by Gasteiger charge is 2.25. The molecule has 0 bridgehead atoms. The zero-order valence-corrected chi connectivity index (χ0v) is 17.0. The lowest BCUT2D eigenvalue weighted by molar-refractivity contribution is -0.114. The fourth-order valence-electron chi connectivity index (χ4n) is 3.28. The first kappa shape index (κ1) is 20.4. The zero-order chi connectivity index (χ0) is 20.0. The van der Waals surface area contributed by atoms with E-state index in [2.05, 4.69) is 17.6 Å². The van der Waals surface area contributed by atoms with E-state index >= 15 is 0 Å². The van der Waals surface area contributed by atoms with Gasteiger partial charge in [-0.25, -0.2) is 8.42 Å². The molecule has 1 amide bonds. The summed E-state index contributed by atoms with van der Waals surface area (Å²) in [6.45, 7) is 3.26. The van der Waals surface area contributed by atoms with Crippen molar-refractivity contribution in [2.45, 2.75) is 37.5 Å². The summed E-state index contributed by atoms with van der Waals surface area (Å²) >= 11 is 0. The van der Waals surface area contributed by atoms with E-state index in [1.165, 1.54) is 0 Å². The number of anilines is 2. The molecule has 0 radical (unpaired) electrons. The maximum Gasteiger partial charge on any atom is 0.243 e. The molecule has 1 heterocycles. The van der Waals surface area contributed by atoms with Crippen LogP contribution in [-0.4, -0.2) is 38.3 Å². The highest BCUT2D eigenvalue weighted by Crippen LogP contribution is 2.22. The van der Waals surface area contributed by atoms with Crippen molar-refractivity contribution in [3.05, 3.63) is 54.1 Å². The van der Waals surface area contributed by atoms with Gasteiger partial charge in [0.25, 0.3) is 0 Å². The Bertz CT molecular complexity index is 922. The lowest BCUT2D eigenvalue weighted by Crippen LogP contribution is -2.35. The number of aryl methyl sites for hydroxylation is 1. The SMILES string of the molecule is CCc1cccc(NC(=O)CNc2cccc(S(=O)(=O)N3CCCCC3)c2)c1. The number of carbonyl (C=O) groups excluding carboxylic acids is 1. The van der Waals surface area contributed by atoms with Gasteiger partial charge in [0.15, 0.2) is 0 Å². The second-order valence-electron chi connectivity index (χ2n) is 6.95. The average Bonchev–Trinajstić information content (AvgIpc) is 2.73. The van der Waals surface area contributed by atoms with Gasteiger partial charge in [0, 0.05) is 24.5 Å². The van der Waals surface area contributed by atoms with E-state index in [0.29, 0.717) is 18.8 Å². The Balaban J connectivity index is 1.62. The average molecular weight is 402 g/mol. The van der Waals surface area contributed by atoms with Crippen LogP contribution in [0.5, 0.6) is 0 Å². The molecule has 7 heteroatoms. The standard InChI is InChI=1S/C21H27N3O3S/c1-2-17-8-6-10-19(14-17)23-21(25)16-22-18-9-7-11-20(15-18)28(26,27)24-12-4-3-5-13-24/h6-11,14-15,22H,2-5,12-13,16H2,1H3,(H,23,25). The molecule has 0 atom stereocenters. The molecular weight excluding hydrogens is 374 g/mol. The molecule has 0 saturated carbocycles. The molecular formula is C21H27N3O3S. The van der Waals surface area contributed by atoms with E-state index < -0.39 is 10.0 Å². The fourth-order valence-corrected chi connectivity index (χ4v) is 4.84. The first-order chi connectivity index (χ1) is 13.5. The first-order valence-corrected chi connectivity index (χ1v) is 11.2. The summed E-state index contributed by atoms with van der Waals surface area (Å²) in [6.07, 6.45) is 3.78. The van der Waals surface area contributed by atoms with E-state index in [1.807, 2.05) is 24.3 Å². The topological polar surface area (TPSA) is 78.5 Å². The van der Waals surface area contributed by atoms with E-state index in [9.17, 15) is 13.2 Å². The fraction of sp³-hybridized carbons (Fsp3) is 0.381. The molecule has 0 unspecified atom stereocenters. The lowest BCUT2D eigenvalue weighted by Gasteiger charge is -2.26. The van der Waals surface area contributed by atoms with Crippen LogP contribution in [0.25, 0.3) is 0 Å². The van der Waals surface area contributed by atoms with Crippen LogP contribution in [0.1, 0.15) is 31.7 Å². The number of piperidine rings is 1. The molecule has 2 aromatic rings. The Morgan fingerprint density at radius 2 is 1.71 bits per heavy atom. The zero-order valence-electron chi connectivity index (χ0n) is 16.1. The van der Waals surface area contributed by atoms with Gasteiger partial charge in [-0.2, -0.15) is 4.31 Å². The van der Waals surface area contributed by atoms with Gasteiger partial charge >= 0.3 is 0 Å². The number of hydrogen-bond donors (Lipinski definition) is 2. The monoisotopic (exact) mass is 401 g/mol. The van der Waals surface area contributed by atoms with Crippen molar-refractivity contribution in [1.29, 1.82) is 0 Å². The molecule has 1 fully saturated rings. The summed E-state index contributed by atoms with van der Waals surface area (Å²) in [4.78, 5) is 12.5. The van der Waals surface area contributed by atoms with Gasteiger partial charge < -0.3 is 10.6 Å². The van der Waals surface area contributed by atoms with E-state index in [1.54, 1.807) is 28.6 Å². The van der Waals surface area contributed by atoms with Crippen LogP contribution in [0.3, 0.4) is 0 Å². The molecule has 6 nitrogen and oxygen atoms in total. The Labute approximate surface area is 167 Å². The number of nitrogens with one attached hydrogen (secondary N) is 2. The van der Waals surface area contributed by atoms with E-state index in [-0.39, 0.29) is 17.3 Å². The number of amides is 1. The highest BCUT2D eigenvalue weighted by atomic mass is 32.2. The lowest BCUT2D eigenvalue weighted by atomic mass is 10.1. The summed E-state index contributed by atoms with van der Waals surface area (Å²) in [6, 6.07) is 14.4. The molecule has 2 aromatic carbocycles. The molecule has 2 N–H and O–H groups in total. The molecule has 0 aliphatic carbocycles. The third-order valence-corrected chi connectivity index (χ3v) is 6.75. The third kappa shape index (κ3) is 5.11. The van der Waals surface area contributed by atoms with Crippen LogP contribution in [0, 0.1) is 0 Å². The molecule has 1 aliphatic rings. The van der Waals surface area contributed by atoms with Crippen LogP contribution in [0.15, 0.2) is 53.4 Å². The summed E-state index contributed by atoms with van der Waals surface area (Å²) in [5.74, 6) is -0.183. The minimum Gasteiger partial charge on any atom is -0.376 e. The van der Waals surface area contributed by atoms with E-state index in [4.69, 9.17) is 0 Å². The Morgan fingerprint density at radius 1 is 1.00 bits per heavy atom. The Kier molecular flexibility index (Phi) is 6.70. The van der Waals surface area contributed by atoms with Crippen molar-refractivity contribution in [1.82, 2.24) is 4.31 Å². The summed E-state index contributed by atoms with van der Waals surface area (Å²) in [7, 11) is -3.49. The van der Waals surface area contributed by atoms with Crippen LogP contribution >= 0.6 is 0 Å². The van der Waals surface area contributed by atoms with Crippen molar-refractivity contribution in [3.63, 3.8) is 0 Å². The van der Waals surface area contributed by atoms with Crippen molar-refractivity contribution in [2.75, 3.05) is 30.3 Å². The van der Waals surface area contributed by atoms with E-state index in [0.717, 1.165) is 36.9 Å². The van der Waals surface area contributed by atoms with Crippen molar-refractivity contribution < 1.29 is 13.2 Å². The second kappa shape index (κ2) is 9.21. The molecule has 3 rings (SSSR count). The number of nitrogens with zero attached hydrogens (tertiary/aromatic N) is 1. The normalized spacial score (nSPS) is 15.2. The first-order valence-electron chi connectivity index (χ1n) is 9.72. The minimum absolute atomic E-state index is 0.0591. The highest BCUT2D eigenvalue weighted by molar-refractivity contribution is 7.89. The summed E-state index contributed by atoms with van der Waals surface area (Å²) in [5, 5.41) is 5.87. The van der Waals surface area contributed by atoms with Crippen LogP contribution in [0.2, 0.25) is 0 Å². The van der Waals surface area contributed by atoms with Gasteiger partial charge in [0.1, 0.15) is 0 Å². The quantitative estimate of drug-likeness (QED) is 0.745. The van der Waals surface area contributed by atoms with Crippen molar-refractivity contribution >= 4 is 27.3 Å². The summed E-state index contributed by atoms with van der Waals surface area (Å²) in [5.41, 5.74) is 2.52. The van der Waals surface area contributed by atoms with Gasteiger partial charge in [-0.05, 0) is 55.2 Å². The van der Waals surface area contributed by atoms with Crippen molar-refractivity contribution in [3.8, 4) is 0 Å². The summed E-state index contributed by atoms with van der Waals surface area (Å²) < 4.78 is 27.1. The van der Waals surface area contributed by atoms with Gasteiger partial charge in [-0.1, -0.05) is 31.5 Å². The Morgan fingerprint density at radius 3 is 2.46 bits per heavy atom. The Hall–Kier alpha value is -2.38. The molecule has 1 saturated heterocycles. The number of carbonyl (C=O) groups is 1. The largest absolute Gasteiger partial charge is 0.376 e. The predicted octanol–water partition coefficient (Wildman–Crippen LogP) is 3.47. The second-order valence-corrected chi connectivity index (χ2v) is 8.89. The smallest absolute Gasteiger partial charge is 0.243 e. The number of benzene rings is 2. The molecule has 0 aromatic heterocycles. The predicted molar refractivity (Wildman–Crippen MR) is 112 cm³/mol. The van der Waals surface area contributed by atoms with Crippen molar-refractivity contribution in [2.24, 2.45) is 0 Å². The van der Waals surface area contributed by atoms with Gasteiger partial charge in [0.05, 0.1) is 11.4 Å². The maximum atomic E-state index is 12.8. The van der Waals surface area contributed by atoms with Gasteiger partial charge in [-0.3, -0.25) is 4.79 Å². The molecule has 1 aliphatic heterocycles. The number of rotatable bonds is 7. The van der Waals surface area contributed by atoms with Crippen LogP contribution in [0.4, 0.5) is 11.4 Å². The number of sulfonamides is 1. The van der Waals surface area contributed by atoms with Gasteiger partial charge in [-0.15, -0.1) is 0 Å². The number of hydrogen-bond acceptors (Lipinski definition) is 4. The van der Waals surface area contributed by atoms with Crippen LogP contribution in [-0.2, 0) is 21.2 Å². The van der Waals surface area contributed by atoms with Crippen LogP contribution < -0.4 is 10.6 Å². The van der Waals surface area contributed by atoms with Gasteiger partial charge in [0.2, 0.25) is 15.9 Å². The maximum absolute atomic E-state index is 12.8. The molecule has 0 spiro atoms. The molecule has 28 heavy (non-hydrogen) atoms. The minimum atomic E-state index is -3.49.